The van der Waals surface area contributed by atoms with Crippen LogP contribution in [0.15, 0.2) is 62.5 Å². The van der Waals surface area contributed by atoms with E-state index in [0.29, 0.717) is 33.5 Å². The molecule has 0 unspecified atom stereocenters. The topological polar surface area (TPSA) is 111 Å². The summed E-state index contributed by atoms with van der Waals surface area (Å²) in [6.07, 6.45) is 5.88. The molecule has 41 heavy (non-hydrogen) atoms. The molecule has 2 N–H and O–H groups in total. The largest absolute Gasteiger partial charge is 0.506 e. The third kappa shape index (κ3) is 5.15. The van der Waals surface area contributed by atoms with Crippen molar-refractivity contribution in [1.29, 1.82) is 0 Å². The maximum atomic E-state index is 13.1. The van der Waals surface area contributed by atoms with E-state index in [1.165, 1.54) is 6.21 Å². The van der Waals surface area contributed by atoms with E-state index in [4.69, 9.17) is 18.9 Å². The second-order valence-corrected chi connectivity index (χ2v) is 10.8. The number of phenols is 1. The smallest absolute Gasteiger partial charge is 0.260 e. The van der Waals surface area contributed by atoms with Gasteiger partial charge in [0.15, 0.2) is 11.5 Å². The summed E-state index contributed by atoms with van der Waals surface area (Å²) in [5.41, 5.74) is 7.56. The minimum atomic E-state index is -0.321. The molecule has 0 atom stereocenters. The summed E-state index contributed by atoms with van der Waals surface area (Å²) in [5.74, 6) is 2.70. The number of methoxy groups -OCH3 is 2. The number of benzene rings is 3. The zero-order chi connectivity index (χ0) is 28.5. The maximum absolute atomic E-state index is 13.1. The van der Waals surface area contributed by atoms with Crippen LogP contribution in [-0.4, -0.2) is 41.0 Å². The van der Waals surface area contributed by atoms with Crippen LogP contribution in [0.1, 0.15) is 41.1 Å². The molecule has 0 spiro atoms. The Kier molecular flexibility index (Phi) is 7.40. The molecule has 0 saturated heterocycles. The number of rotatable bonds is 8. The van der Waals surface area contributed by atoms with E-state index >= 15 is 0 Å². The highest BCUT2D eigenvalue weighted by Crippen LogP contribution is 2.40. The van der Waals surface area contributed by atoms with Gasteiger partial charge in [-0.3, -0.25) is 4.79 Å². The molecule has 210 valence electrons. The van der Waals surface area contributed by atoms with Crippen LogP contribution in [0.4, 0.5) is 0 Å². The van der Waals surface area contributed by atoms with Gasteiger partial charge in [0.2, 0.25) is 0 Å². The van der Waals surface area contributed by atoms with E-state index in [2.05, 4.69) is 26.5 Å². The zero-order valence-corrected chi connectivity index (χ0v) is 24.3. The molecule has 2 aromatic heterocycles. The van der Waals surface area contributed by atoms with Crippen molar-refractivity contribution >= 4 is 50.1 Å². The van der Waals surface area contributed by atoms with Gasteiger partial charge in [-0.05, 0) is 71.1 Å². The van der Waals surface area contributed by atoms with Gasteiger partial charge in [-0.15, -0.1) is 0 Å². The fraction of sp³-hybridized carbons (Fsp3) is 0.258. The molecule has 2 heterocycles. The number of ether oxygens (including phenoxy) is 2. The fourth-order valence-electron chi connectivity index (χ4n) is 5.50. The van der Waals surface area contributed by atoms with Gasteiger partial charge in [0.05, 0.1) is 35.9 Å². The van der Waals surface area contributed by atoms with Crippen molar-refractivity contribution in [1.82, 2.24) is 15.0 Å². The lowest BCUT2D eigenvalue weighted by atomic mass is 9.94. The Bertz CT molecular complexity index is 1810. The van der Waals surface area contributed by atoms with Crippen LogP contribution in [0.5, 0.6) is 17.2 Å². The van der Waals surface area contributed by atoms with E-state index in [9.17, 15) is 9.90 Å². The van der Waals surface area contributed by atoms with Gasteiger partial charge in [0.25, 0.3) is 5.91 Å². The molecule has 5 aromatic rings. The normalized spacial score (nSPS) is 13.1. The number of imidazole rings is 1. The van der Waals surface area contributed by atoms with Crippen LogP contribution in [0.25, 0.3) is 22.0 Å². The summed E-state index contributed by atoms with van der Waals surface area (Å²) in [5, 5.41) is 15.9. The van der Waals surface area contributed by atoms with Gasteiger partial charge in [-0.25, -0.2) is 10.4 Å². The van der Waals surface area contributed by atoms with Crippen molar-refractivity contribution in [2.45, 2.75) is 38.6 Å². The number of amides is 1. The Morgan fingerprint density at radius 1 is 1.15 bits per heavy atom. The Labute approximate surface area is 244 Å². The number of nitrogens with zero attached hydrogens (tertiary/aromatic N) is 3. The molecular formula is C31H29BrN4O5. The molecule has 0 aliphatic heterocycles. The highest BCUT2D eigenvalue weighted by Gasteiger charge is 2.23. The standard InChI is InChI=1S/C31H29BrN4O5/c1-39-25-12-11-18(13-26(25)40-2)14-28-34-22-8-4-5-9-23(22)36(28)17-29(37)35-33-16-20-30-19-7-3-6-10-24(19)41-27(30)15-21(32)31(20)38/h4-5,8-9,11-13,15-16,38H,3,6-7,10,14,17H2,1-2H3,(H,35,37)/b33-16-. The lowest BCUT2D eigenvalue weighted by Crippen LogP contribution is -2.24. The van der Waals surface area contributed by atoms with Crippen molar-refractivity contribution < 1.29 is 23.8 Å². The third-order valence-corrected chi connectivity index (χ3v) is 8.04. The number of carbonyl (C=O) groups excluding carboxylic acids is 1. The van der Waals surface area contributed by atoms with Gasteiger partial charge < -0.3 is 23.6 Å². The molecule has 9 nitrogen and oxygen atoms in total. The van der Waals surface area contributed by atoms with Crippen molar-refractivity contribution in [2.24, 2.45) is 5.10 Å². The highest BCUT2D eigenvalue weighted by molar-refractivity contribution is 9.10. The van der Waals surface area contributed by atoms with Gasteiger partial charge in [0, 0.05) is 29.4 Å². The number of nitrogens with one attached hydrogen (secondary N) is 1. The molecule has 1 amide bonds. The first-order valence-electron chi connectivity index (χ1n) is 13.4. The number of aryl methyl sites for hydroxylation is 2. The van der Waals surface area contributed by atoms with Crippen LogP contribution >= 0.6 is 15.9 Å². The molecule has 3 aromatic carbocycles. The first-order chi connectivity index (χ1) is 20.0. The fourth-order valence-corrected chi connectivity index (χ4v) is 5.92. The average molecular weight is 617 g/mol. The second-order valence-electron chi connectivity index (χ2n) is 9.97. The van der Waals surface area contributed by atoms with Crippen molar-refractivity contribution in [2.75, 3.05) is 14.2 Å². The number of carbonyl (C=O) groups is 1. The van der Waals surface area contributed by atoms with Gasteiger partial charge in [-0.1, -0.05) is 18.2 Å². The first-order valence-corrected chi connectivity index (χ1v) is 14.2. The molecule has 1 aliphatic rings. The van der Waals surface area contributed by atoms with Crippen molar-refractivity contribution in [3.63, 3.8) is 0 Å². The van der Waals surface area contributed by atoms with Crippen molar-refractivity contribution in [3.05, 3.63) is 81.3 Å². The number of para-hydroxylation sites is 2. The number of hydrazone groups is 1. The van der Waals surface area contributed by atoms with Crippen LogP contribution in [0.2, 0.25) is 0 Å². The Morgan fingerprint density at radius 3 is 2.78 bits per heavy atom. The van der Waals surface area contributed by atoms with E-state index < -0.39 is 0 Å². The number of fused-ring (bicyclic) bond motifs is 4. The summed E-state index contributed by atoms with van der Waals surface area (Å²) in [7, 11) is 3.20. The summed E-state index contributed by atoms with van der Waals surface area (Å²) >= 11 is 3.41. The van der Waals surface area contributed by atoms with Crippen LogP contribution in [0, 0.1) is 0 Å². The lowest BCUT2D eigenvalue weighted by Gasteiger charge is -2.11. The van der Waals surface area contributed by atoms with Crippen molar-refractivity contribution in [3.8, 4) is 17.2 Å². The van der Waals surface area contributed by atoms with E-state index in [0.717, 1.165) is 64.8 Å². The highest BCUT2D eigenvalue weighted by atomic mass is 79.9. The van der Waals surface area contributed by atoms with Gasteiger partial charge >= 0.3 is 0 Å². The monoisotopic (exact) mass is 616 g/mol. The molecular weight excluding hydrogens is 588 g/mol. The molecule has 0 bridgehead atoms. The number of halogens is 1. The average Bonchev–Trinajstić information content (AvgIpc) is 3.52. The predicted molar refractivity (Wildman–Crippen MR) is 160 cm³/mol. The van der Waals surface area contributed by atoms with Crippen LogP contribution < -0.4 is 14.9 Å². The minimum absolute atomic E-state index is 0.0153. The van der Waals surface area contributed by atoms with Gasteiger partial charge in [-0.2, -0.15) is 5.10 Å². The summed E-state index contributed by atoms with van der Waals surface area (Å²) in [6.45, 7) is 0.0153. The second kappa shape index (κ2) is 11.3. The Morgan fingerprint density at radius 2 is 1.95 bits per heavy atom. The predicted octanol–water partition coefficient (Wildman–Crippen LogP) is 5.89. The summed E-state index contributed by atoms with van der Waals surface area (Å²) < 4.78 is 19.3. The quantitative estimate of drug-likeness (QED) is 0.166. The Hall–Kier alpha value is -4.31. The Balaban J connectivity index is 1.26. The molecule has 0 saturated carbocycles. The number of aromatic nitrogens is 2. The molecule has 1 aliphatic carbocycles. The number of hydrogen-bond acceptors (Lipinski definition) is 7. The maximum Gasteiger partial charge on any atom is 0.260 e. The molecule has 0 fully saturated rings. The summed E-state index contributed by atoms with van der Waals surface area (Å²) in [6, 6.07) is 15.2. The van der Waals surface area contributed by atoms with E-state index in [1.54, 1.807) is 20.3 Å². The van der Waals surface area contributed by atoms with Gasteiger partial charge in [0.1, 0.15) is 29.5 Å². The van der Waals surface area contributed by atoms with Crippen LogP contribution in [-0.2, 0) is 30.6 Å². The zero-order valence-electron chi connectivity index (χ0n) is 22.7. The number of hydrogen-bond donors (Lipinski definition) is 2. The third-order valence-electron chi connectivity index (χ3n) is 7.44. The molecule has 0 radical (unpaired) electrons. The van der Waals surface area contributed by atoms with E-state index in [1.807, 2.05) is 47.0 Å². The number of aromatic hydroxyl groups is 1. The molecule has 6 rings (SSSR count). The number of furan rings is 1. The lowest BCUT2D eigenvalue weighted by molar-refractivity contribution is -0.121. The minimum Gasteiger partial charge on any atom is -0.506 e. The SMILES string of the molecule is COc1ccc(Cc2nc3ccccc3n2CC(=O)N/N=C\c2c(O)c(Br)cc3oc4c(c23)CCCC4)cc1OC. The van der Waals surface area contributed by atoms with Crippen LogP contribution in [0.3, 0.4) is 0 Å². The number of phenolic OH excluding ortho intramolecular Hbond substituents is 1. The van der Waals surface area contributed by atoms with E-state index in [-0.39, 0.29) is 18.2 Å². The molecule has 10 heteroatoms. The first kappa shape index (κ1) is 26.9. The summed E-state index contributed by atoms with van der Waals surface area (Å²) in [4.78, 5) is 17.9.